The van der Waals surface area contributed by atoms with Crippen LogP contribution in [0.25, 0.3) is 120 Å². The lowest BCUT2D eigenvalue weighted by molar-refractivity contribution is 0.594. The fraction of sp³-hybridized carbons (Fsp3) is 0.0976. The molecule has 0 aliphatic heterocycles. The van der Waals surface area contributed by atoms with E-state index in [1.165, 1.54) is 131 Å². The van der Waals surface area contributed by atoms with E-state index in [0.717, 1.165) is 34.1 Å². The second-order valence-corrected chi connectivity index (χ2v) is 25.7. The lowest BCUT2D eigenvalue weighted by Crippen LogP contribution is -2.12. The Hall–Kier alpha value is -10.4. The molecule has 0 fully saturated rings. The molecule has 0 saturated carbocycles. The van der Waals surface area contributed by atoms with Crippen LogP contribution in [0.1, 0.15) is 52.7 Å². The number of nitrogens with zero attached hydrogens (tertiary/aromatic N) is 4. The summed E-state index contributed by atoms with van der Waals surface area (Å²) < 4.78 is 5.29. The predicted molar refractivity (Wildman–Crippen MR) is 368 cm³/mol. The molecular formula is C82H62N4. The first kappa shape index (κ1) is 50.1. The summed E-state index contributed by atoms with van der Waals surface area (Å²) >= 11 is 0. The Balaban J connectivity index is 0.938. The van der Waals surface area contributed by atoms with E-state index in [1.54, 1.807) is 0 Å². The molecule has 0 saturated heterocycles. The lowest BCUT2D eigenvalue weighted by Gasteiger charge is -2.27. The van der Waals surface area contributed by atoms with E-state index in [0.29, 0.717) is 0 Å². The normalized spacial score (nSPS) is 12.5. The number of fused-ring (bicyclic) bond motifs is 14. The van der Waals surface area contributed by atoms with Gasteiger partial charge in [-0.15, -0.1) is 0 Å². The van der Waals surface area contributed by atoms with E-state index in [4.69, 9.17) is 0 Å². The van der Waals surface area contributed by atoms with Crippen molar-refractivity contribution in [3.05, 3.63) is 278 Å². The van der Waals surface area contributed by atoms with Gasteiger partial charge in [-0.1, -0.05) is 224 Å². The molecule has 0 bridgehead atoms. The Morgan fingerprint density at radius 1 is 0.256 bits per heavy atom. The molecule has 17 rings (SSSR count). The van der Waals surface area contributed by atoms with E-state index in [1.807, 2.05) is 0 Å². The fourth-order valence-corrected chi connectivity index (χ4v) is 14.6. The van der Waals surface area contributed by atoms with Crippen LogP contribution in [0.15, 0.2) is 267 Å². The molecule has 0 aliphatic carbocycles. The molecule has 0 radical (unpaired) electrons. The zero-order valence-corrected chi connectivity index (χ0v) is 49.2. The first-order valence-corrected chi connectivity index (χ1v) is 30.2. The van der Waals surface area contributed by atoms with Crippen LogP contribution in [0.2, 0.25) is 0 Å². The maximum Gasteiger partial charge on any atom is 0.0641 e. The summed E-state index contributed by atoms with van der Waals surface area (Å²) in [6.07, 6.45) is 0. The van der Waals surface area contributed by atoms with E-state index in [9.17, 15) is 0 Å². The smallest absolute Gasteiger partial charge is 0.0641 e. The minimum absolute atomic E-state index is 0.150. The van der Waals surface area contributed by atoms with Gasteiger partial charge in [0.15, 0.2) is 0 Å². The largest absolute Gasteiger partial charge is 0.310 e. The molecule has 0 unspecified atom stereocenters. The summed E-state index contributed by atoms with van der Waals surface area (Å²) in [4.78, 5) is 4.98. The van der Waals surface area contributed by atoms with Gasteiger partial charge < -0.3 is 18.6 Å². The van der Waals surface area contributed by atoms with Gasteiger partial charge in [-0.25, -0.2) is 0 Å². The van der Waals surface area contributed by atoms with Crippen molar-refractivity contribution in [2.24, 2.45) is 0 Å². The molecule has 4 nitrogen and oxygen atoms in total. The van der Waals surface area contributed by atoms with Crippen LogP contribution >= 0.6 is 0 Å². The number of hydrogen-bond acceptors (Lipinski definition) is 2. The summed E-state index contributed by atoms with van der Waals surface area (Å²) in [5.74, 6) is 0. The Morgan fingerprint density at radius 3 is 1.05 bits per heavy atom. The monoisotopic (exact) mass is 1100 g/mol. The molecule has 86 heavy (non-hydrogen) atoms. The van der Waals surface area contributed by atoms with Crippen LogP contribution in [0.5, 0.6) is 0 Å². The number of hydrogen-bond donors (Lipinski definition) is 0. The fourth-order valence-electron chi connectivity index (χ4n) is 14.6. The summed E-state index contributed by atoms with van der Waals surface area (Å²) in [6.45, 7) is 14.2. The first-order chi connectivity index (χ1) is 41.9. The number of aromatic nitrogens is 2. The Morgan fingerprint density at radius 2 is 0.628 bits per heavy atom. The molecule has 13 aromatic carbocycles. The molecule has 17 aromatic rings. The number of benzene rings is 13. The maximum atomic E-state index is 2.64. The van der Waals surface area contributed by atoms with Crippen LogP contribution in [0.4, 0.5) is 34.1 Å². The van der Waals surface area contributed by atoms with Crippen LogP contribution in [-0.4, -0.2) is 8.80 Å². The Kier molecular flexibility index (Phi) is 10.8. The highest BCUT2D eigenvalue weighted by Crippen LogP contribution is 2.53. The minimum atomic E-state index is -0.150. The van der Waals surface area contributed by atoms with E-state index in [-0.39, 0.29) is 10.8 Å². The highest BCUT2D eigenvalue weighted by atomic mass is 15.2. The van der Waals surface area contributed by atoms with Gasteiger partial charge in [0, 0.05) is 65.8 Å². The Labute approximate surface area is 500 Å². The zero-order valence-electron chi connectivity index (χ0n) is 49.2. The number of para-hydroxylation sites is 4. The van der Waals surface area contributed by atoms with Gasteiger partial charge in [-0.3, -0.25) is 0 Å². The summed E-state index contributed by atoms with van der Waals surface area (Å²) in [5, 5.41) is 15.0. The summed E-state index contributed by atoms with van der Waals surface area (Å²) in [6, 6.07) is 99.8. The molecule has 4 heteroatoms. The summed E-state index contributed by atoms with van der Waals surface area (Å²) in [7, 11) is 0. The standard InChI is InChI=1S/C82H62N4/c1-81(2,3)69-35-19-33-65-75-71(83(59-27-9-7-10-28-59)61-31-17-25-55(47-61)57-39-37-51-21-13-15-23-53(51)45-57)43-41-63-67-50-74-68(49-73(67)85(77(65)69)79(63)75)64-42-44-72(76-66-34-20-36-70(82(4,5)6)78(66)86(74)80(64)76)84(60-29-11-8-12-30-60)62-32-18-26-56(48-62)58-40-38-52-22-14-16-24-54(52)46-58/h7-50H,1-6H3. The van der Waals surface area contributed by atoms with Crippen molar-refractivity contribution in [3.8, 4) is 22.3 Å². The number of rotatable bonds is 8. The zero-order chi connectivity index (χ0) is 57.7. The van der Waals surface area contributed by atoms with Crippen molar-refractivity contribution >= 4 is 132 Å². The quantitative estimate of drug-likeness (QED) is 0.151. The second kappa shape index (κ2) is 18.5. The third-order valence-electron chi connectivity index (χ3n) is 18.5. The van der Waals surface area contributed by atoms with Gasteiger partial charge >= 0.3 is 0 Å². The predicted octanol–water partition coefficient (Wildman–Crippen LogP) is 23.2. The number of anilines is 6. The third kappa shape index (κ3) is 7.48. The van der Waals surface area contributed by atoms with Crippen molar-refractivity contribution < 1.29 is 0 Å². The van der Waals surface area contributed by atoms with Crippen molar-refractivity contribution in [1.82, 2.24) is 8.80 Å². The van der Waals surface area contributed by atoms with Crippen molar-refractivity contribution in [3.63, 3.8) is 0 Å². The minimum Gasteiger partial charge on any atom is -0.310 e. The molecule has 0 atom stereocenters. The second-order valence-electron chi connectivity index (χ2n) is 25.7. The van der Waals surface area contributed by atoms with E-state index < -0.39 is 0 Å². The lowest BCUT2D eigenvalue weighted by atomic mass is 9.85. The van der Waals surface area contributed by atoms with Crippen molar-refractivity contribution in [2.75, 3.05) is 9.80 Å². The van der Waals surface area contributed by atoms with Crippen LogP contribution < -0.4 is 9.80 Å². The van der Waals surface area contributed by atoms with Gasteiger partial charge in [0.2, 0.25) is 0 Å². The molecular weight excluding hydrogens is 1040 g/mol. The van der Waals surface area contributed by atoms with Gasteiger partial charge in [0.05, 0.1) is 44.5 Å². The SMILES string of the molecule is CC(C)(C)c1cccc2c3c(N(c4ccccc4)c4cccc(-c5ccc6ccccc6c5)c4)ccc4c5cc6c(cc5n(c12)c43)c1ccc(N(c2ccccc2)c2cccc(-c3ccc4ccccc4c3)c2)c2c3cccc(C(C)(C)C)c3n6c12. The van der Waals surface area contributed by atoms with E-state index in [2.05, 4.69) is 327 Å². The van der Waals surface area contributed by atoms with E-state index >= 15 is 0 Å². The molecule has 4 aromatic heterocycles. The molecule has 4 heterocycles. The molecule has 0 N–H and O–H groups in total. The van der Waals surface area contributed by atoms with Gasteiger partial charge in [0.25, 0.3) is 0 Å². The maximum absolute atomic E-state index is 2.64. The van der Waals surface area contributed by atoms with Gasteiger partial charge in [-0.05, 0) is 151 Å². The summed E-state index contributed by atoms with van der Waals surface area (Å²) in [5.41, 5.74) is 21.3. The molecule has 410 valence electrons. The Bertz CT molecular complexity index is 5210. The van der Waals surface area contributed by atoms with Crippen LogP contribution in [0, 0.1) is 0 Å². The average molecular weight is 1100 g/mol. The average Bonchev–Trinajstić information content (AvgIpc) is 1.53. The van der Waals surface area contributed by atoms with Crippen molar-refractivity contribution in [2.45, 2.75) is 52.4 Å². The molecule has 0 spiro atoms. The topological polar surface area (TPSA) is 15.3 Å². The van der Waals surface area contributed by atoms with Crippen molar-refractivity contribution in [1.29, 1.82) is 0 Å². The molecule has 0 aliphatic rings. The van der Waals surface area contributed by atoms with Gasteiger partial charge in [0.1, 0.15) is 0 Å². The third-order valence-corrected chi connectivity index (χ3v) is 18.5. The highest BCUT2D eigenvalue weighted by Gasteiger charge is 2.32. The van der Waals surface area contributed by atoms with Gasteiger partial charge in [-0.2, -0.15) is 0 Å². The first-order valence-electron chi connectivity index (χ1n) is 30.2. The van der Waals surface area contributed by atoms with Crippen LogP contribution in [-0.2, 0) is 10.8 Å². The molecule has 0 amide bonds. The van der Waals surface area contributed by atoms with Crippen LogP contribution in [0.3, 0.4) is 0 Å². The highest BCUT2D eigenvalue weighted by molar-refractivity contribution is 6.32.